The number of thioether (sulfide) groups is 1. The number of nitrogens with one attached hydrogen (secondary N) is 2. The molecule has 9 heteroatoms. The summed E-state index contributed by atoms with van der Waals surface area (Å²) in [7, 11) is 0. The summed E-state index contributed by atoms with van der Waals surface area (Å²) in [5, 5.41) is 13.5. The van der Waals surface area contributed by atoms with Crippen LogP contribution in [0.1, 0.15) is 17.9 Å². The van der Waals surface area contributed by atoms with Crippen molar-refractivity contribution in [1.82, 2.24) is 5.32 Å². The summed E-state index contributed by atoms with van der Waals surface area (Å²) in [4.78, 5) is 24.1. The number of carbonyl (C=O) groups excluding carboxylic acids is 2. The van der Waals surface area contributed by atoms with Crippen LogP contribution in [0.5, 0.6) is 0 Å². The van der Waals surface area contributed by atoms with Crippen LogP contribution in [0.4, 0.5) is 5.69 Å². The van der Waals surface area contributed by atoms with Crippen molar-refractivity contribution in [2.24, 2.45) is 10.2 Å². The van der Waals surface area contributed by atoms with E-state index < -0.39 is 5.25 Å². The lowest BCUT2D eigenvalue weighted by molar-refractivity contribution is -0.122. The standard InChI is InChI=1S/C17H15ClN4O3S/c1-10-2-7-13(25-10)9-19-22-17-21-16(24)14(26-17)8-15(23)20-12-5-3-11(18)4-6-12/h2-7,9,14H,8H2,1H3,(H,20,23)(H,21,22,24). The molecular weight excluding hydrogens is 376 g/mol. The molecule has 1 fully saturated rings. The molecular formula is C17H15ClN4O3S. The van der Waals surface area contributed by atoms with E-state index in [1.165, 1.54) is 6.21 Å². The lowest BCUT2D eigenvalue weighted by Gasteiger charge is -2.07. The summed E-state index contributed by atoms with van der Waals surface area (Å²) in [5.41, 5.74) is 0.620. The van der Waals surface area contributed by atoms with Gasteiger partial charge in [-0.1, -0.05) is 23.4 Å². The number of furan rings is 1. The number of aryl methyl sites for hydroxylation is 1. The predicted octanol–water partition coefficient (Wildman–Crippen LogP) is 3.19. The minimum absolute atomic E-state index is 0.0270. The van der Waals surface area contributed by atoms with Crippen LogP contribution < -0.4 is 10.6 Å². The third-order valence-electron chi connectivity index (χ3n) is 3.37. The van der Waals surface area contributed by atoms with Gasteiger partial charge < -0.3 is 15.1 Å². The molecule has 0 spiro atoms. The number of amides is 2. The lowest BCUT2D eigenvalue weighted by Crippen LogP contribution is -2.28. The minimum atomic E-state index is -0.554. The summed E-state index contributed by atoms with van der Waals surface area (Å²) in [6.07, 6.45) is 1.48. The first-order valence-electron chi connectivity index (χ1n) is 7.70. The van der Waals surface area contributed by atoms with Crippen LogP contribution in [-0.4, -0.2) is 28.4 Å². The maximum absolute atomic E-state index is 12.1. The van der Waals surface area contributed by atoms with Gasteiger partial charge >= 0.3 is 0 Å². The molecule has 2 heterocycles. The molecule has 0 bridgehead atoms. The second-order valence-electron chi connectivity index (χ2n) is 5.45. The van der Waals surface area contributed by atoms with Gasteiger partial charge in [-0.05, 0) is 43.3 Å². The number of rotatable bonds is 5. The molecule has 1 unspecified atom stereocenters. The zero-order valence-corrected chi connectivity index (χ0v) is 15.3. The topological polar surface area (TPSA) is 96.1 Å². The highest BCUT2D eigenvalue weighted by Crippen LogP contribution is 2.23. The fraction of sp³-hybridized carbons (Fsp3) is 0.176. The molecule has 26 heavy (non-hydrogen) atoms. The zero-order valence-electron chi connectivity index (χ0n) is 13.7. The molecule has 1 aromatic heterocycles. The first kappa shape index (κ1) is 18.2. The molecule has 0 saturated carbocycles. The van der Waals surface area contributed by atoms with E-state index in [9.17, 15) is 9.59 Å². The highest BCUT2D eigenvalue weighted by atomic mass is 35.5. The van der Waals surface area contributed by atoms with Gasteiger partial charge in [-0.3, -0.25) is 9.59 Å². The van der Waals surface area contributed by atoms with Crippen LogP contribution >= 0.6 is 23.4 Å². The maximum Gasteiger partial charge on any atom is 0.240 e. The minimum Gasteiger partial charge on any atom is -0.460 e. The smallest absolute Gasteiger partial charge is 0.240 e. The summed E-state index contributed by atoms with van der Waals surface area (Å²) in [5.74, 6) is 0.800. The number of hydrogen-bond acceptors (Lipinski definition) is 6. The van der Waals surface area contributed by atoms with Gasteiger partial charge in [0.2, 0.25) is 11.8 Å². The summed E-state index contributed by atoms with van der Waals surface area (Å²) >= 11 is 6.97. The van der Waals surface area contributed by atoms with Crippen LogP contribution in [0.25, 0.3) is 0 Å². The van der Waals surface area contributed by atoms with Crippen molar-refractivity contribution in [3.63, 3.8) is 0 Å². The van der Waals surface area contributed by atoms with Crippen molar-refractivity contribution in [2.45, 2.75) is 18.6 Å². The van der Waals surface area contributed by atoms with Crippen molar-refractivity contribution in [1.29, 1.82) is 0 Å². The summed E-state index contributed by atoms with van der Waals surface area (Å²) < 4.78 is 5.33. The van der Waals surface area contributed by atoms with E-state index in [2.05, 4.69) is 20.8 Å². The normalized spacial score (nSPS) is 18.5. The summed E-state index contributed by atoms with van der Waals surface area (Å²) in [6.45, 7) is 1.83. The first-order chi connectivity index (χ1) is 12.5. The van der Waals surface area contributed by atoms with Crippen molar-refractivity contribution in [3.05, 3.63) is 52.9 Å². The number of amidine groups is 1. The SMILES string of the molecule is Cc1ccc(C=NN=C2NC(=O)C(CC(=O)Nc3ccc(Cl)cc3)S2)o1. The van der Waals surface area contributed by atoms with E-state index in [0.717, 1.165) is 17.5 Å². The monoisotopic (exact) mass is 390 g/mol. The average molecular weight is 391 g/mol. The Morgan fingerprint density at radius 1 is 1.35 bits per heavy atom. The van der Waals surface area contributed by atoms with Gasteiger partial charge in [0.15, 0.2) is 5.17 Å². The molecule has 0 radical (unpaired) electrons. The number of benzene rings is 1. The Morgan fingerprint density at radius 3 is 2.81 bits per heavy atom. The molecule has 1 aromatic carbocycles. The van der Waals surface area contributed by atoms with E-state index >= 15 is 0 Å². The van der Waals surface area contributed by atoms with Crippen LogP contribution in [-0.2, 0) is 9.59 Å². The Morgan fingerprint density at radius 2 is 2.12 bits per heavy atom. The second-order valence-corrected chi connectivity index (χ2v) is 7.08. The highest BCUT2D eigenvalue weighted by Gasteiger charge is 2.32. The fourth-order valence-corrected chi connectivity index (χ4v) is 3.21. The van der Waals surface area contributed by atoms with Crippen LogP contribution in [0.2, 0.25) is 5.02 Å². The van der Waals surface area contributed by atoms with E-state index in [1.54, 1.807) is 30.3 Å². The van der Waals surface area contributed by atoms with Crippen molar-refractivity contribution >= 4 is 52.2 Å². The number of halogens is 1. The number of anilines is 1. The molecule has 2 amide bonds. The van der Waals surface area contributed by atoms with E-state index in [0.29, 0.717) is 21.6 Å². The van der Waals surface area contributed by atoms with Gasteiger partial charge in [-0.15, -0.1) is 5.10 Å². The molecule has 134 valence electrons. The van der Waals surface area contributed by atoms with Gasteiger partial charge in [0.05, 0.1) is 6.21 Å². The molecule has 3 rings (SSSR count). The summed E-state index contributed by atoms with van der Waals surface area (Å²) in [6, 6.07) is 10.3. The second kappa shape index (κ2) is 8.20. The highest BCUT2D eigenvalue weighted by molar-refractivity contribution is 8.15. The number of hydrogen-bond donors (Lipinski definition) is 2. The average Bonchev–Trinajstić information content (AvgIpc) is 3.16. The molecule has 1 aliphatic heterocycles. The van der Waals surface area contributed by atoms with Gasteiger partial charge in [-0.2, -0.15) is 5.10 Å². The van der Waals surface area contributed by atoms with Crippen molar-refractivity contribution < 1.29 is 14.0 Å². The molecule has 2 aromatic rings. The Kier molecular flexibility index (Phi) is 5.75. The third kappa shape index (κ3) is 4.96. The Balaban J connectivity index is 1.53. The van der Waals surface area contributed by atoms with Crippen molar-refractivity contribution in [2.75, 3.05) is 5.32 Å². The van der Waals surface area contributed by atoms with Crippen molar-refractivity contribution in [3.8, 4) is 0 Å². The lowest BCUT2D eigenvalue weighted by atomic mass is 10.2. The predicted molar refractivity (Wildman–Crippen MR) is 103 cm³/mol. The van der Waals surface area contributed by atoms with Crippen LogP contribution in [0.15, 0.2) is 51.0 Å². The Hall–Kier alpha value is -2.58. The first-order valence-corrected chi connectivity index (χ1v) is 8.96. The fourth-order valence-electron chi connectivity index (χ4n) is 2.16. The molecule has 2 N–H and O–H groups in total. The van der Waals surface area contributed by atoms with Gasteiger partial charge in [-0.25, -0.2) is 0 Å². The van der Waals surface area contributed by atoms with Gasteiger partial charge in [0, 0.05) is 17.1 Å². The third-order valence-corrected chi connectivity index (χ3v) is 4.69. The van der Waals surface area contributed by atoms with Gasteiger partial charge in [0.1, 0.15) is 16.8 Å². The van der Waals surface area contributed by atoms with Gasteiger partial charge in [0.25, 0.3) is 0 Å². The van der Waals surface area contributed by atoms with E-state index in [1.807, 2.05) is 13.0 Å². The van der Waals surface area contributed by atoms with E-state index in [-0.39, 0.29) is 18.2 Å². The molecule has 1 aliphatic rings. The Bertz CT molecular complexity index is 876. The molecule has 1 atom stereocenters. The maximum atomic E-state index is 12.1. The van der Waals surface area contributed by atoms with E-state index in [4.69, 9.17) is 16.0 Å². The Labute approximate surface area is 158 Å². The number of nitrogens with zero attached hydrogens (tertiary/aromatic N) is 2. The largest absolute Gasteiger partial charge is 0.460 e. The quantitative estimate of drug-likeness (QED) is 0.605. The molecule has 7 nitrogen and oxygen atoms in total. The zero-order chi connectivity index (χ0) is 18.5. The van der Waals surface area contributed by atoms with Crippen LogP contribution in [0.3, 0.4) is 0 Å². The molecule has 1 saturated heterocycles. The molecule has 0 aliphatic carbocycles. The number of carbonyl (C=O) groups is 2. The van der Waals surface area contributed by atoms with Crippen LogP contribution in [0, 0.1) is 6.92 Å².